The van der Waals surface area contributed by atoms with Gasteiger partial charge < -0.3 is 19.7 Å². The number of carbonyl (C=O) groups excluding carboxylic acids is 1. The number of ether oxygens (including phenoxy) is 2. The van der Waals surface area contributed by atoms with Gasteiger partial charge in [-0.15, -0.1) is 0 Å². The van der Waals surface area contributed by atoms with E-state index in [1.54, 1.807) is 24.4 Å². The fourth-order valence-electron chi connectivity index (χ4n) is 3.37. The van der Waals surface area contributed by atoms with Gasteiger partial charge in [0, 0.05) is 37.3 Å². The average Bonchev–Trinajstić information content (AvgIpc) is 2.78. The molecule has 0 bridgehead atoms. The average molecular weight is 389 g/mol. The third-order valence-electron chi connectivity index (χ3n) is 4.88. The Balaban J connectivity index is 1.53. The van der Waals surface area contributed by atoms with Crippen LogP contribution in [0.3, 0.4) is 0 Å². The van der Waals surface area contributed by atoms with Crippen LogP contribution in [0.1, 0.15) is 27.7 Å². The first-order valence-corrected chi connectivity index (χ1v) is 9.53. The van der Waals surface area contributed by atoms with Crippen LogP contribution in [-0.4, -0.2) is 36.1 Å². The smallest absolute Gasteiger partial charge is 0.257 e. The quantitative estimate of drug-likeness (QED) is 0.665. The number of para-hydroxylation sites is 1. The SMILES string of the molecule is COCCN1C(=O)c2ccccc2N[C@H]1c1ccc(OCc2cccnc2)cc1. The van der Waals surface area contributed by atoms with Gasteiger partial charge in [0.25, 0.3) is 5.91 Å². The number of rotatable bonds is 7. The van der Waals surface area contributed by atoms with E-state index in [-0.39, 0.29) is 12.1 Å². The van der Waals surface area contributed by atoms with Crippen LogP contribution in [0.15, 0.2) is 73.1 Å². The van der Waals surface area contributed by atoms with Gasteiger partial charge in [-0.25, -0.2) is 0 Å². The first kappa shape index (κ1) is 19.0. The van der Waals surface area contributed by atoms with E-state index in [1.807, 2.05) is 60.7 Å². The molecule has 0 unspecified atom stereocenters. The molecule has 6 heteroatoms. The summed E-state index contributed by atoms with van der Waals surface area (Å²) in [4.78, 5) is 18.9. The van der Waals surface area contributed by atoms with Crippen LogP contribution in [0, 0.1) is 0 Å². The maximum atomic E-state index is 13.0. The van der Waals surface area contributed by atoms with Gasteiger partial charge in [0.15, 0.2) is 0 Å². The van der Waals surface area contributed by atoms with Crippen molar-refractivity contribution in [2.45, 2.75) is 12.8 Å². The fraction of sp³-hybridized carbons (Fsp3) is 0.217. The highest BCUT2D eigenvalue weighted by molar-refractivity contribution is 6.01. The van der Waals surface area contributed by atoms with Gasteiger partial charge in [-0.05, 0) is 35.9 Å². The Kier molecular flexibility index (Phi) is 5.72. The fourth-order valence-corrected chi connectivity index (χ4v) is 3.37. The van der Waals surface area contributed by atoms with Crippen LogP contribution in [0.5, 0.6) is 5.75 Å². The number of nitrogens with zero attached hydrogens (tertiary/aromatic N) is 2. The molecular weight excluding hydrogens is 366 g/mol. The Morgan fingerprint density at radius 2 is 1.90 bits per heavy atom. The van der Waals surface area contributed by atoms with Gasteiger partial charge in [0.2, 0.25) is 0 Å². The number of carbonyl (C=O) groups is 1. The second-order valence-electron chi connectivity index (χ2n) is 6.80. The first-order valence-electron chi connectivity index (χ1n) is 9.53. The van der Waals surface area contributed by atoms with Gasteiger partial charge in [0.1, 0.15) is 18.5 Å². The molecule has 29 heavy (non-hydrogen) atoms. The zero-order chi connectivity index (χ0) is 20.1. The van der Waals surface area contributed by atoms with E-state index in [0.717, 1.165) is 22.6 Å². The van der Waals surface area contributed by atoms with Crippen molar-refractivity contribution in [3.63, 3.8) is 0 Å². The van der Waals surface area contributed by atoms with Crippen molar-refractivity contribution in [3.05, 3.63) is 89.7 Å². The molecule has 4 rings (SSSR count). The molecule has 0 saturated carbocycles. The number of benzene rings is 2. The lowest BCUT2D eigenvalue weighted by Crippen LogP contribution is -2.44. The third-order valence-corrected chi connectivity index (χ3v) is 4.88. The zero-order valence-electron chi connectivity index (χ0n) is 16.2. The van der Waals surface area contributed by atoms with Gasteiger partial charge in [0.05, 0.1) is 12.2 Å². The highest BCUT2D eigenvalue weighted by atomic mass is 16.5. The van der Waals surface area contributed by atoms with E-state index in [1.165, 1.54) is 0 Å². The largest absolute Gasteiger partial charge is 0.489 e. The Hall–Kier alpha value is -3.38. The van der Waals surface area contributed by atoms with E-state index in [2.05, 4.69) is 10.3 Å². The molecule has 2 aromatic carbocycles. The minimum Gasteiger partial charge on any atom is -0.489 e. The van der Waals surface area contributed by atoms with Crippen molar-refractivity contribution >= 4 is 11.6 Å². The van der Waals surface area contributed by atoms with Gasteiger partial charge >= 0.3 is 0 Å². The van der Waals surface area contributed by atoms with Crippen LogP contribution >= 0.6 is 0 Å². The molecule has 6 nitrogen and oxygen atoms in total. The number of anilines is 1. The summed E-state index contributed by atoms with van der Waals surface area (Å²) >= 11 is 0. The Morgan fingerprint density at radius 1 is 1.07 bits per heavy atom. The molecule has 0 radical (unpaired) electrons. The van der Waals surface area contributed by atoms with Crippen molar-refractivity contribution in [2.75, 3.05) is 25.6 Å². The molecule has 0 saturated heterocycles. The predicted molar refractivity (Wildman–Crippen MR) is 111 cm³/mol. The zero-order valence-corrected chi connectivity index (χ0v) is 16.2. The van der Waals surface area contributed by atoms with Gasteiger partial charge in [-0.2, -0.15) is 0 Å². The number of nitrogens with one attached hydrogen (secondary N) is 1. The summed E-state index contributed by atoms with van der Waals surface area (Å²) < 4.78 is 11.1. The molecule has 1 atom stereocenters. The standard InChI is InChI=1S/C23H23N3O3/c1-28-14-13-26-22(25-21-7-3-2-6-20(21)23(26)27)18-8-10-19(11-9-18)29-16-17-5-4-12-24-15-17/h2-12,15,22,25H,13-14,16H2,1H3/t22-/m1/s1. The van der Waals surface area contributed by atoms with Crippen LogP contribution in [0.2, 0.25) is 0 Å². The third kappa shape index (κ3) is 4.22. The summed E-state index contributed by atoms with van der Waals surface area (Å²) in [6.45, 7) is 1.43. The summed E-state index contributed by atoms with van der Waals surface area (Å²) in [5, 5.41) is 3.48. The molecule has 1 aromatic heterocycles. The maximum Gasteiger partial charge on any atom is 0.257 e. The minimum atomic E-state index is -0.264. The van der Waals surface area contributed by atoms with Crippen LogP contribution in [0.25, 0.3) is 0 Å². The predicted octanol–water partition coefficient (Wildman–Crippen LogP) is 3.87. The molecule has 1 aliphatic heterocycles. The molecule has 1 aliphatic rings. The molecule has 148 valence electrons. The van der Waals surface area contributed by atoms with Crippen molar-refractivity contribution in [3.8, 4) is 5.75 Å². The second-order valence-corrected chi connectivity index (χ2v) is 6.80. The monoisotopic (exact) mass is 389 g/mol. The maximum absolute atomic E-state index is 13.0. The number of methoxy groups -OCH3 is 1. The highest BCUT2D eigenvalue weighted by Crippen LogP contribution is 2.33. The van der Waals surface area contributed by atoms with E-state index < -0.39 is 0 Å². The van der Waals surface area contributed by atoms with Gasteiger partial charge in [-0.3, -0.25) is 9.78 Å². The minimum absolute atomic E-state index is 0.00157. The number of amides is 1. The second kappa shape index (κ2) is 8.75. The molecule has 3 aromatic rings. The van der Waals surface area contributed by atoms with Crippen molar-refractivity contribution in [2.24, 2.45) is 0 Å². The van der Waals surface area contributed by atoms with E-state index in [9.17, 15) is 4.79 Å². The summed E-state index contributed by atoms with van der Waals surface area (Å²) in [6.07, 6.45) is 3.27. The summed E-state index contributed by atoms with van der Waals surface area (Å²) in [5.41, 5.74) is 3.51. The number of hydrogen-bond acceptors (Lipinski definition) is 5. The normalized spacial score (nSPS) is 15.6. The Bertz CT molecular complexity index is 961. The van der Waals surface area contributed by atoms with Crippen LogP contribution < -0.4 is 10.1 Å². The number of pyridine rings is 1. The topological polar surface area (TPSA) is 63.7 Å². The first-order chi connectivity index (χ1) is 14.3. The molecule has 1 N–H and O–H groups in total. The van der Waals surface area contributed by atoms with Crippen LogP contribution in [-0.2, 0) is 11.3 Å². The van der Waals surface area contributed by atoms with E-state index in [4.69, 9.17) is 9.47 Å². The van der Waals surface area contributed by atoms with E-state index in [0.29, 0.717) is 25.3 Å². The number of hydrogen-bond donors (Lipinski definition) is 1. The molecule has 2 heterocycles. The molecular formula is C23H23N3O3. The van der Waals surface area contributed by atoms with Crippen LogP contribution in [0.4, 0.5) is 5.69 Å². The highest BCUT2D eigenvalue weighted by Gasteiger charge is 2.32. The summed E-state index contributed by atoms with van der Waals surface area (Å²) in [6, 6.07) is 19.3. The van der Waals surface area contributed by atoms with E-state index >= 15 is 0 Å². The molecule has 0 fully saturated rings. The lowest BCUT2D eigenvalue weighted by Gasteiger charge is -2.38. The van der Waals surface area contributed by atoms with Crippen molar-refractivity contribution in [1.29, 1.82) is 0 Å². The van der Waals surface area contributed by atoms with Crippen molar-refractivity contribution in [1.82, 2.24) is 9.88 Å². The Labute approximate surface area is 170 Å². The number of aromatic nitrogens is 1. The van der Waals surface area contributed by atoms with Crippen molar-refractivity contribution < 1.29 is 14.3 Å². The lowest BCUT2D eigenvalue weighted by atomic mass is 10.0. The molecule has 0 aliphatic carbocycles. The Morgan fingerprint density at radius 3 is 2.66 bits per heavy atom. The molecule has 1 amide bonds. The summed E-state index contributed by atoms with van der Waals surface area (Å²) in [5.74, 6) is 0.766. The molecule has 0 spiro atoms. The summed E-state index contributed by atoms with van der Waals surface area (Å²) in [7, 11) is 1.64. The number of fused-ring (bicyclic) bond motifs is 1. The van der Waals surface area contributed by atoms with Gasteiger partial charge in [-0.1, -0.05) is 30.3 Å². The lowest BCUT2D eigenvalue weighted by molar-refractivity contribution is 0.0609.